The molecule has 0 aliphatic heterocycles. The van der Waals surface area contributed by atoms with Gasteiger partial charge in [-0.2, -0.15) is 0 Å². The minimum atomic E-state index is 0.689. The van der Waals surface area contributed by atoms with Gasteiger partial charge < -0.3 is 4.40 Å². The highest BCUT2D eigenvalue weighted by Crippen LogP contribution is 2.28. The van der Waals surface area contributed by atoms with Gasteiger partial charge in [0.15, 0.2) is 6.29 Å². The molecule has 84 valence electrons. The van der Waals surface area contributed by atoms with Crippen LogP contribution >= 0.6 is 11.5 Å². The summed E-state index contributed by atoms with van der Waals surface area (Å²) < 4.78 is 5.87. The highest BCUT2D eigenvalue weighted by Gasteiger charge is 2.10. The van der Waals surface area contributed by atoms with E-state index in [0.29, 0.717) is 5.56 Å². The van der Waals surface area contributed by atoms with Crippen molar-refractivity contribution >= 4 is 23.3 Å². The Hall–Kier alpha value is -2.01. The van der Waals surface area contributed by atoms with Gasteiger partial charge >= 0.3 is 0 Å². The van der Waals surface area contributed by atoms with Crippen LogP contribution in [0.2, 0.25) is 0 Å². The number of pyridine rings is 1. The van der Waals surface area contributed by atoms with Crippen molar-refractivity contribution in [1.82, 2.24) is 14.0 Å². The molecule has 0 saturated heterocycles. The van der Waals surface area contributed by atoms with E-state index in [1.807, 2.05) is 41.9 Å². The molecule has 0 radical (unpaired) electrons. The Labute approximate surface area is 102 Å². The Morgan fingerprint density at radius 3 is 3.06 bits per heavy atom. The molecule has 0 bridgehead atoms. The second kappa shape index (κ2) is 3.78. The first-order valence-corrected chi connectivity index (χ1v) is 5.92. The Morgan fingerprint density at radius 2 is 2.35 bits per heavy atom. The lowest BCUT2D eigenvalue weighted by Gasteiger charge is -1.94. The molecule has 17 heavy (non-hydrogen) atoms. The summed E-state index contributed by atoms with van der Waals surface area (Å²) in [7, 11) is 0. The number of hydrogen-bond donors (Lipinski definition) is 0. The standard InChI is InChI=1S/C12H9N3OS/c1-8-12(17-14-13-8)10-5-11-9(7-16)3-2-4-15(11)6-10/h2-7H,1H3. The van der Waals surface area contributed by atoms with E-state index in [1.54, 1.807) is 0 Å². The molecule has 3 aromatic rings. The topological polar surface area (TPSA) is 47.3 Å². The second-order valence-corrected chi connectivity index (χ2v) is 4.54. The maximum Gasteiger partial charge on any atom is 0.152 e. The Kier molecular flexibility index (Phi) is 2.26. The van der Waals surface area contributed by atoms with Crippen molar-refractivity contribution in [2.75, 3.05) is 0 Å². The lowest BCUT2D eigenvalue weighted by molar-refractivity contribution is 0.112. The maximum atomic E-state index is 10.9. The molecule has 3 rings (SSSR count). The van der Waals surface area contributed by atoms with Gasteiger partial charge in [0.1, 0.15) is 0 Å². The number of carbonyl (C=O) groups is 1. The maximum absolute atomic E-state index is 10.9. The lowest BCUT2D eigenvalue weighted by Crippen LogP contribution is -1.86. The number of fused-ring (bicyclic) bond motifs is 1. The molecule has 0 saturated carbocycles. The summed E-state index contributed by atoms with van der Waals surface area (Å²) in [5.74, 6) is 0. The van der Waals surface area contributed by atoms with Gasteiger partial charge in [-0.3, -0.25) is 4.79 Å². The van der Waals surface area contributed by atoms with Crippen molar-refractivity contribution in [3.05, 3.63) is 41.9 Å². The molecule has 3 heterocycles. The third-order valence-electron chi connectivity index (χ3n) is 2.71. The average molecular weight is 243 g/mol. The SMILES string of the molecule is Cc1nnsc1-c1cc2c(C=O)cccn2c1. The molecule has 0 aromatic carbocycles. The van der Waals surface area contributed by atoms with Crippen molar-refractivity contribution in [2.45, 2.75) is 6.92 Å². The Bertz CT molecular complexity index is 699. The van der Waals surface area contributed by atoms with Crippen LogP contribution in [0.4, 0.5) is 0 Å². The number of rotatable bonds is 2. The molecule has 0 atom stereocenters. The summed E-state index contributed by atoms with van der Waals surface area (Å²) in [6, 6.07) is 5.66. The third kappa shape index (κ3) is 1.55. The minimum absolute atomic E-state index is 0.689. The van der Waals surface area contributed by atoms with E-state index < -0.39 is 0 Å². The van der Waals surface area contributed by atoms with Gasteiger partial charge in [0.05, 0.1) is 16.1 Å². The summed E-state index contributed by atoms with van der Waals surface area (Å²) in [5, 5.41) is 4.00. The second-order valence-electron chi connectivity index (χ2n) is 3.79. The van der Waals surface area contributed by atoms with Gasteiger partial charge in [-0.1, -0.05) is 4.49 Å². The van der Waals surface area contributed by atoms with E-state index in [0.717, 1.165) is 27.9 Å². The highest BCUT2D eigenvalue weighted by molar-refractivity contribution is 7.09. The Morgan fingerprint density at radius 1 is 1.47 bits per heavy atom. The molecule has 0 aliphatic rings. The monoisotopic (exact) mass is 243 g/mol. The normalized spacial score (nSPS) is 10.9. The molecule has 0 spiro atoms. The number of aryl methyl sites for hydroxylation is 1. The first kappa shape index (κ1) is 10.2. The summed E-state index contributed by atoms with van der Waals surface area (Å²) in [4.78, 5) is 12.0. The van der Waals surface area contributed by atoms with E-state index in [-0.39, 0.29) is 0 Å². The van der Waals surface area contributed by atoms with Crippen molar-refractivity contribution in [1.29, 1.82) is 0 Å². The van der Waals surface area contributed by atoms with E-state index in [4.69, 9.17) is 0 Å². The van der Waals surface area contributed by atoms with Gasteiger partial charge in [0.25, 0.3) is 0 Å². The van der Waals surface area contributed by atoms with Crippen LogP contribution in [0, 0.1) is 6.92 Å². The van der Waals surface area contributed by atoms with Crippen LogP contribution < -0.4 is 0 Å². The molecule has 0 aliphatic carbocycles. The largest absolute Gasteiger partial charge is 0.322 e. The quantitative estimate of drug-likeness (QED) is 0.650. The molecular weight excluding hydrogens is 234 g/mol. The van der Waals surface area contributed by atoms with Crippen LogP contribution in [0.15, 0.2) is 30.6 Å². The minimum Gasteiger partial charge on any atom is -0.322 e. The molecule has 0 amide bonds. The predicted octanol–water partition coefficient (Wildman–Crippen LogP) is 2.58. The number of aldehydes is 1. The lowest BCUT2D eigenvalue weighted by atomic mass is 10.2. The molecule has 4 nitrogen and oxygen atoms in total. The van der Waals surface area contributed by atoms with E-state index in [1.165, 1.54) is 11.5 Å². The van der Waals surface area contributed by atoms with Crippen molar-refractivity contribution in [3.8, 4) is 10.4 Å². The fourth-order valence-electron chi connectivity index (χ4n) is 1.88. The zero-order valence-electron chi connectivity index (χ0n) is 9.12. The molecular formula is C12H9N3OS. The van der Waals surface area contributed by atoms with Crippen LogP contribution in [-0.4, -0.2) is 20.3 Å². The first-order valence-electron chi connectivity index (χ1n) is 5.15. The van der Waals surface area contributed by atoms with E-state index >= 15 is 0 Å². The summed E-state index contributed by atoms with van der Waals surface area (Å²) in [5.41, 5.74) is 3.56. The highest BCUT2D eigenvalue weighted by atomic mass is 32.1. The van der Waals surface area contributed by atoms with Gasteiger partial charge in [-0.25, -0.2) is 0 Å². The number of hydrogen-bond acceptors (Lipinski definition) is 4. The van der Waals surface area contributed by atoms with Crippen molar-refractivity contribution in [2.24, 2.45) is 0 Å². The van der Waals surface area contributed by atoms with Crippen molar-refractivity contribution < 1.29 is 4.79 Å². The van der Waals surface area contributed by atoms with E-state index in [2.05, 4.69) is 9.59 Å². The zero-order chi connectivity index (χ0) is 11.8. The average Bonchev–Trinajstić information content (AvgIpc) is 2.93. The fourth-order valence-corrected chi connectivity index (χ4v) is 2.51. The summed E-state index contributed by atoms with van der Waals surface area (Å²) >= 11 is 1.37. The third-order valence-corrected chi connectivity index (χ3v) is 3.58. The van der Waals surface area contributed by atoms with E-state index in [9.17, 15) is 4.79 Å². The van der Waals surface area contributed by atoms with Gasteiger partial charge in [0, 0.05) is 23.5 Å². The summed E-state index contributed by atoms with van der Waals surface area (Å²) in [6.45, 7) is 1.93. The predicted molar refractivity (Wildman–Crippen MR) is 66.4 cm³/mol. The van der Waals surface area contributed by atoms with Crippen LogP contribution in [0.3, 0.4) is 0 Å². The van der Waals surface area contributed by atoms with Crippen LogP contribution in [0.5, 0.6) is 0 Å². The smallest absolute Gasteiger partial charge is 0.152 e. The van der Waals surface area contributed by atoms with Crippen LogP contribution in [0.25, 0.3) is 16.0 Å². The van der Waals surface area contributed by atoms with Crippen LogP contribution in [0.1, 0.15) is 16.1 Å². The zero-order valence-corrected chi connectivity index (χ0v) is 9.94. The van der Waals surface area contributed by atoms with Crippen LogP contribution in [-0.2, 0) is 0 Å². The summed E-state index contributed by atoms with van der Waals surface area (Å²) in [6.07, 6.45) is 4.79. The Balaban J connectivity index is 2.27. The first-order chi connectivity index (χ1) is 8.29. The van der Waals surface area contributed by atoms with Gasteiger partial charge in [0.2, 0.25) is 0 Å². The fraction of sp³-hybridized carbons (Fsp3) is 0.0833. The molecule has 3 aromatic heterocycles. The number of aromatic nitrogens is 3. The molecule has 0 N–H and O–H groups in total. The van der Waals surface area contributed by atoms with Crippen molar-refractivity contribution in [3.63, 3.8) is 0 Å². The molecule has 0 fully saturated rings. The molecule has 5 heteroatoms. The van der Waals surface area contributed by atoms with Gasteiger partial charge in [-0.15, -0.1) is 5.10 Å². The van der Waals surface area contributed by atoms with Gasteiger partial charge in [-0.05, 0) is 36.7 Å². The number of nitrogens with zero attached hydrogens (tertiary/aromatic N) is 3. The molecule has 0 unspecified atom stereocenters. The number of carbonyl (C=O) groups excluding carboxylic acids is 1.